The van der Waals surface area contributed by atoms with Crippen LogP contribution in [0.5, 0.6) is 0 Å². The summed E-state index contributed by atoms with van der Waals surface area (Å²) in [6.07, 6.45) is 3.18. The van der Waals surface area contributed by atoms with E-state index in [9.17, 15) is 10.1 Å². The summed E-state index contributed by atoms with van der Waals surface area (Å²) in [5, 5.41) is 14.0. The minimum Gasteiger partial charge on any atom is -0.338 e. The maximum atomic E-state index is 10.8. The summed E-state index contributed by atoms with van der Waals surface area (Å²) in [6, 6.07) is 16.2. The summed E-state index contributed by atoms with van der Waals surface area (Å²) in [5.74, 6) is 0.628. The maximum absolute atomic E-state index is 10.8. The lowest BCUT2D eigenvalue weighted by Gasteiger charge is -2.07. The Kier molecular flexibility index (Phi) is 3.98. The van der Waals surface area contributed by atoms with Crippen molar-refractivity contribution in [3.8, 4) is 0 Å². The van der Waals surface area contributed by atoms with E-state index in [4.69, 9.17) is 0 Å². The highest BCUT2D eigenvalue weighted by Crippen LogP contribution is 2.22. The number of non-ortho nitro benzene ring substituents is 1. The van der Waals surface area contributed by atoms with Gasteiger partial charge < -0.3 is 9.88 Å². The van der Waals surface area contributed by atoms with Gasteiger partial charge in [0, 0.05) is 17.8 Å². The number of aromatic nitrogens is 4. The molecule has 0 aliphatic carbocycles. The molecule has 26 heavy (non-hydrogen) atoms. The number of nitrogens with one attached hydrogen (secondary N) is 1. The van der Waals surface area contributed by atoms with Gasteiger partial charge in [0.05, 0.1) is 17.8 Å². The molecule has 0 saturated carbocycles. The van der Waals surface area contributed by atoms with Crippen molar-refractivity contribution in [2.24, 2.45) is 0 Å². The minimum atomic E-state index is -0.412. The van der Waals surface area contributed by atoms with Crippen LogP contribution in [0.4, 0.5) is 17.2 Å². The molecule has 0 bridgehead atoms. The largest absolute Gasteiger partial charge is 0.338 e. The first-order chi connectivity index (χ1) is 12.7. The number of nitrogens with zero attached hydrogens (tertiary/aromatic N) is 5. The number of benzene rings is 2. The number of nitro groups is 1. The molecule has 0 spiro atoms. The second-order valence-corrected chi connectivity index (χ2v) is 5.68. The zero-order valence-electron chi connectivity index (χ0n) is 13.6. The lowest BCUT2D eigenvalue weighted by atomic mass is 10.2. The highest BCUT2D eigenvalue weighted by atomic mass is 16.6. The number of nitro benzene ring substituents is 1. The van der Waals surface area contributed by atoms with Crippen molar-refractivity contribution in [1.82, 2.24) is 19.5 Å². The smallest absolute Gasteiger partial charge is 0.269 e. The molecule has 0 radical (unpaired) electrons. The summed E-state index contributed by atoms with van der Waals surface area (Å²) in [7, 11) is 0. The van der Waals surface area contributed by atoms with Crippen LogP contribution in [0.1, 0.15) is 5.56 Å². The van der Waals surface area contributed by atoms with Gasteiger partial charge in [-0.15, -0.1) is 0 Å². The van der Waals surface area contributed by atoms with E-state index in [2.05, 4.69) is 20.3 Å². The number of imidazole rings is 1. The first kappa shape index (κ1) is 15.7. The fourth-order valence-electron chi connectivity index (χ4n) is 2.67. The van der Waals surface area contributed by atoms with Gasteiger partial charge in [-0.1, -0.05) is 30.3 Å². The van der Waals surface area contributed by atoms with Crippen molar-refractivity contribution < 1.29 is 4.92 Å². The molecule has 0 aliphatic rings. The van der Waals surface area contributed by atoms with Crippen LogP contribution >= 0.6 is 0 Å². The molecule has 2 heterocycles. The SMILES string of the molecule is O=[N+]([O-])c1ccc(Cn2cnc3c(Nc4ccccc4)ncnc32)cc1. The summed E-state index contributed by atoms with van der Waals surface area (Å²) >= 11 is 0. The van der Waals surface area contributed by atoms with Crippen LogP contribution in [-0.2, 0) is 6.54 Å². The number of para-hydroxylation sites is 1. The minimum absolute atomic E-state index is 0.0703. The van der Waals surface area contributed by atoms with E-state index in [-0.39, 0.29) is 5.69 Å². The molecule has 4 aromatic rings. The molecule has 0 fully saturated rings. The number of hydrogen-bond donors (Lipinski definition) is 1. The molecule has 0 aliphatic heterocycles. The molecule has 2 aromatic carbocycles. The average Bonchev–Trinajstić information content (AvgIpc) is 3.07. The van der Waals surface area contributed by atoms with Gasteiger partial charge in [0.25, 0.3) is 5.69 Å². The Balaban J connectivity index is 1.63. The lowest BCUT2D eigenvalue weighted by molar-refractivity contribution is -0.384. The van der Waals surface area contributed by atoms with Crippen molar-refractivity contribution in [3.05, 3.63) is 82.9 Å². The van der Waals surface area contributed by atoms with Gasteiger partial charge in [-0.25, -0.2) is 15.0 Å². The van der Waals surface area contributed by atoms with Crippen molar-refractivity contribution >= 4 is 28.4 Å². The molecule has 2 aromatic heterocycles. The van der Waals surface area contributed by atoms with E-state index in [0.717, 1.165) is 11.3 Å². The topological polar surface area (TPSA) is 98.8 Å². The van der Waals surface area contributed by atoms with E-state index < -0.39 is 4.92 Å². The molecular weight excluding hydrogens is 332 g/mol. The van der Waals surface area contributed by atoms with Crippen LogP contribution in [0.3, 0.4) is 0 Å². The van der Waals surface area contributed by atoms with E-state index in [1.54, 1.807) is 18.5 Å². The molecule has 128 valence electrons. The van der Waals surface area contributed by atoms with Crippen LogP contribution in [0.15, 0.2) is 67.3 Å². The Morgan fingerprint density at radius 3 is 2.50 bits per heavy atom. The highest BCUT2D eigenvalue weighted by molar-refractivity contribution is 5.85. The zero-order valence-corrected chi connectivity index (χ0v) is 13.6. The summed E-state index contributed by atoms with van der Waals surface area (Å²) in [5.41, 5.74) is 3.26. The lowest BCUT2D eigenvalue weighted by Crippen LogP contribution is -2.01. The summed E-state index contributed by atoms with van der Waals surface area (Å²) < 4.78 is 1.88. The van der Waals surface area contributed by atoms with Crippen LogP contribution < -0.4 is 5.32 Å². The van der Waals surface area contributed by atoms with Crippen LogP contribution in [-0.4, -0.2) is 24.4 Å². The molecule has 0 saturated heterocycles. The van der Waals surface area contributed by atoms with Gasteiger partial charge in [-0.2, -0.15) is 0 Å². The van der Waals surface area contributed by atoms with Gasteiger partial charge in [0.15, 0.2) is 17.0 Å². The van der Waals surface area contributed by atoms with E-state index in [1.807, 2.05) is 34.9 Å². The average molecular weight is 346 g/mol. The highest BCUT2D eigenvalue weighted by Gasteiger charge is 2.11. The van der Waals surface area contributed by atoms with Gasteiger partial charge in [-0.05, 0) is 17.7 Å². The Hall–Kier alpha value is -3.81. The van der Waals surface area contributed by atoms with Crippen molar-refractivity contribution in [2.45, 2.75) is 6.54 Å². The van der Waals surface area contributed by atoms with Crippen LogP contribution in [0, 0.1) is 10.1 Å². The van der Waals surface area contributed by atoms with E-state index in [0.29, 0.717) is 23.5 Å². The summed E-state index contributed by atoms with van der Waals surface area (Å²) in [6.45, 7) is 0.510. The molecule has 1 N–H and O–H groups in total. The zero-order chi connectivity index (χ0) is 17.9. The monoisotopic (exact) mass is 346 g/mol. The number of hydrogen-bond acceptors (Lipinski definition) is 6. The van der Waals surface area contributed by atoms with Gasteiger partial charge in [0.1, 0.15) is 6.33 Å². The third-order valence-electron chi connectivity index (χ3n) is 3.94. The van der Waals surface area contributed by atoms with Gasteiger partial charge >= 0.3 is 0 Å². The van der Waals surface area contributed by atoms with Crippen molar-refractivity contribution in [1.29, 1.82) is 0 Å². The number of rotatable bonds is 5. The number of anilines is 2. The first-order valence-electron chi connectivity index (χ1n) is 7.92. The fourth-order valence-corrected chi connectivity index (χ4v) is 2.67. The Labute approximate surface area is 148 Å². The molecule has 0 amide bonds. The third kappa shape index (κ3) is 3.07. The Morgan fingerprint density at radius 1 is 1.00 bits per heavy atom. The van der Waals surface area contributed by atoms with Crippen molar-refractivity contribution in [2.75, 3.05) is 5.32 Å². The normalized spacial score (nSPS) is 10.8. The molecule has 0 unspecified atom stereocenters. The summed E-state index contributed by atoms with van der Waals surface area (Å²) in [4.78, 5) is 23.4. The Bertz CT molecular complexity index is 1060. The maximum Gasteiger partial charge on any atom is 0.269 e. The molecular formula is C18H14N6O2. The first-order valence-corrected chi connectivity index (χ1v) is 7.92. The second kappa shape index (κ2) is 6.60. The van der Waals surface area contributed by atoms with Crippen molar-refractivity contribution in [3.63, 3.8) is 0 Å². The predicted molar refractivity (Wildman–Crippen MR) is 97.2 cm³/mol. The molecule has 8 nitrogen and oxygen atoms in total. The molecule has 4 rings (SSSR count). The third-order valence-corrected chi connectivity index (χ3v) is 3.94. The predicted octanol–water partition coefficient (Wildman–Crippen LogP) is 3.53. The van der Waals surface area contributed by atoms with Crippen LogP contribution in [0.25, 0.3) is 11.2 Å². The number of fused-ring (bicyclic) bond motifs is 1. The quantitative estimate of drug-likeness (QED) is 0.438. The Morgan fingerprint density at radius 2 is 1.77 bits per heavy atom. The van der Waals surface area contributed by atoms with Crippen LogP contribution in [0.2, 0.25) is 0 Å². The standard InChI is InChI=1S/C18H14N6O2/c25-24(26)15-8-6-13(7-9-15)10-23-12-21-16-17(19-11-20-18(16)23)22-14-4-2-1-3-5-14/h1-9,11-12H,10H2,(H,19,20,22). The van der Waals surface area contributed by atoms with Gasteiger partial charge in [-0.3, -0.25) is 10.1 Å². The van der Waals surface area contributed by atoms with E-state index in [1.165, 1.54) is 18.5 Å². The second-order valence-electron chi connectivity index (χ2n) is 5.68. The van der Waals surface area contributed by atoms with Gasteiger partial charge in [0.2, 0.25) is 0 Å². The molecule has 8 heteroatoms. The molecule has 0 atom stereocenters. The van der Waals surface area contributed by atoms with E-state index >= 15 is 0 Å². The fraction of sp³-hybridized carbons (Fsp3) is 0.0556.